The molecule has 2 atom stereocenters. The summed E-state index contributed by atoms with van der Waals surface area (Å²) >= 11 is 0. The number of hydrogen-bond acceptors (Lipinski definition) is 3. The van der Waals surface area contributed by atoms with Gasteiger partial charge in [0.15, 0.2) is 0 Å². The Morgan fingerprint density at radius 1 is 1.13 bits per heavy atom. The Bertz CT molecular complexity index is 285. The van der Waals surface area contributed by atoms with Crippen molar-refractivity contribution in [3.63, 3.8) is 0 Å². The number of nitrogens with zero attached hydrogens (tertiary/aromatic N) is 1. The van der Waals surface area contributed by atoms with Crippen molar-refractivity contribution < 1.29 is 19.8 Å². The molecule has 2 rings (SSSR count). The molecule has 84 valence electrons. The quantitative estimate of drug-likeness (QED) is 0.659. The largest absolute Gasteiger partial charge is 0.481 e. The first-order valence-corrected chi connectivity index (χ1v) is 5.27. The Hall–Kier alpha value is -1.10. The van der Waals surface area contributed by atoms with E-state index in [4.69, 9.17) is 10.2 Å². The van der Waals surface area contributed by atoms with Crippen LogP contribution in [0.15, 0.2) is 0 Å². The summed E-state index contributed by atoms with van der Waals surface area (Å²) in [6.45, 7) is 0.820. The maximum atomic E-state index is 11.8. The van der Waals surface area contributed by atoms with E-state index in [2.05, 4.69) is 0 Å². The summed E-state index contributed by atoms with van der Waals surface area (Å²) in [7, 11) is 0. The molecule has 0 bridgehead atoms. The van der Waals surface area contributed by atoms with E-state index < -0.39 is 5.97 Å². The summed E-state index contributed by atoms with van der Waals surface area (Å²) in [5, 5.41) is 17.9. The normalized spacial score (nSPS) is 31.4. The lowest BCUT2D eigenvalue weighted by molar-refractivity contribution is -0.146. The van der Waals surface area contributed by atoms with Crippen LogP contribution in [-0.4, -0.2) is 46.2 Å². The second-order valence-corrected chi connectivity index (χ2v) is 4.44. The third-order valence-electron chi connectivity index (χ3n) is 3.31. The van der Waals surface area contributed by atoms with Gasteiger partial charge < -0.3 is 15.1 Å². The lowest BCUT2D eigenvalue weighted by Crippen LogP contribution is -2.55. The summed E-state index contributed by atoms with van der Waals surface area (Å²) < 4.78 is 0. The average molecular weight is 213 g/mol. The number of likely N-dealkylation sites (tertiary alicyclic amines) is 1. The van der Waals surface area contributed by atoms with E-state index in [9.17, 15) is 9.59 Å². The van der Waals surface area contributed by atoms with Crippen molar-refractivity contribution >= 4 is 11.9 Å². The van der Waals surface area contributed by atoms with Crippen LogP contribution in [-0.2, 0) is 9.59 Å². The van der Waals surface area contributed by atoms with Gasteiger partial charge in [0.1, 0.15) is 0 Å². The van der Waals surface area contributed by atoms with Crippen LogP contribution >= 0.6 is 0 Å². The number of carbonyl (C=O) groups excluding carboxylic acids is 1. The molecular weight excluding hydrogens is 198 g/mol. The lowest BCUT2D eigenvalue weighted by atomic mass is 10.0. The molecule has 0 aromatic heterocycles. The van der Waals surface area contributed by atoms with Crippen LogP contribution in [0.1, 0.15) is 19.3 Å². The highest BCUT2D eigenvalue weighted by molar-refractivity contribution is 5.81. The predicted molar refractivity (Wildman–Crippen MR) is 51.1 cm³/mol. The first kappa shape index (κ1) is 10.4. The summed E-state index contributed by atoms with van der Waals surface area (Å²) in [5.74, 6) is -1.28. The molecule has 5 nitrogen and oxygen atoms in total. The van der Waals surface area contributed by atoms with Gasteiger partial charge in [-0.05, 0) is 19.3 Å². The molecule has 2 N–H and O–H groups in total. The van der Waals surface area contributed by atoms with Gasteiger partial charge in [0.05, 0.1) is 12.0 Å². The fraction of sp³-hybridized carbons (Fsp3) is 0.800. The number of rotatable bonds is 2. The molecule has 0 aromatic rings. The minimum atomic E-state index is -0.797. The first-order chi connectivity index (χ1) is 7.08. The van der Waals surface area contributed by atoms with Gasteiger partial charge in [-0.25, -0.2) is 0 Å². The number of β-amino-alcohol motifs (C(OH)–C–C–N with tert-alkyl or cyclic N) is 1. The van der Waals surface area contributed by atoms with Crippen molar-refractivity contribution in [2.45, 2.75) is 25.4 Å². The summed E-state index contributed by atoms with van der Waals surface area (Å²) in [6.07, 6.45) is 1.34. The molecule has 1 aliphatic heterocycles. The van der Waals surface area contributed by atoms with E-state index in [-0.39, 0.29) is 23.8 Å². The maximum absolute atomic E-state index is 11.8. The maximum Gasteiger partial charge on any atom is 0.306 e. The van der Waals surface area contributed by atoms with Gasteiger partial charge >= 0.3 is 5.97 Å². The van der Waals surface area contributed by atoms with Crippen LogP contribution in [0.4, 0.5) is 0 Å². The molecule has 1 saturated carbocycles. The van der Waals surface area contributed by atoms with Crippen molar-refractivity contribution in [2.24, 2.45) is 11.8 Å². The average Bonchev–Trinajstić information content (AvgIpc) is 2.60. The molecule has 0 radical (unpaired) electrons. The Morgan fingerprint density at radius 2 is 1.73 bits per heavy atom. The van der Waals surface area contributed by atoms with Crippen molar-refractivity contribution in [3.05, 3.63) is 0 Å². The molecule has 15 heavy (non-hydrogen) atoms. The van der Waals surface area contributed by atoms with Crippen molar-refractivity contribution in [3.8, 4) is 0 Å². The summed E-state index contributed by atoms with van der Waals surface area (Å²) in [5.41, 5.74) is 0. The van der Waals surface area contributed by atoms with Crippen LogP contribution in [0.2, 0.25) is 0 Å². The Balaban J connectivity index is 1.85. The van der Waals surface area contributed by atoms with Crippen LogP contribution in [0.3, 0.4) is 0 Å². The Labute approximate surface area is 87.7 Å². The number of carboxylic acids is 1. The van der Waals surface area contributed by atoms with E-state index in [1.165, 1.54) is 0 Å². The van der Waals surface area contributed by atoms with E-state index in [1.54, 1.807) is 4.90 Å². The molecule has 5 heteroatoms. The molecule has 1 amide bonds. The molecule has 1 heterocycles. The highest BCUT2D eigenvalue weighted by Crippen LogP contribution is 2.33. The molecule has 0 unspecified atom stereocenters. The van der Waals surface area contributed by atoms with Crippen LogP contribution < -0.4 is 0 Å². The third-order valence-corrected chi connectivity index (χ3v) is 3.31. The van der Waals surface area contributed by atoms with Crippen molar-refractivity contribution in [1.82, 2.24) is 4.90 Å². The van der Waals surface area contributed by atoms with Crippen molar-refractivity contribution in [1.29, 1.82) is 0 Å². The standard InChI is InChI=1S/C10H15NO4/c12-8-4-11(5-8)9(13)6-1-2-7(3-6)10(14)15/h6-8,12H,1-5H2,(H,14,15)/t6-,7+/m1/s1. The summed E-state index contributed by atoms with van der Waals surface area (Å²) in [6, 6.07) is 0. The van der Waals surface area contributed by atoms with Gasteiger partial charge in [-0.2, -0.15) is 0 Å². The van der Waals surface area contributed by atoms with Gasteiger partial charge in [0, 0.05) is 19.0 Å². The fourth-order valence-corrected chi connectivity index (χ4v) is 2.32. The Morgan fingerprint density at radius 3 is 2.20 bits per heavy atom. The number of hydrogen-bond donors (Lipinski definition) is 2. The molecule has 1 saturated heterocycles. The van der Waals surface area contributed by atoms with Gasteiger partial charge in [-0.1, -0.05) is 0 Å². The van der Waals surface area contributed by atoms with E-state index in [0.717, 1.165) is 0 Å². The molecule has 2 fully saturated rings. The third kappa shape index (κ3) is 1.97. The van der Waals surface area contributed by atoms with E-state index >= 15 is 0 Å². The number of carboxylic acid groups (broad SMARTS) is 1. The molecule has 0 spiro atoms. The zero-order valence-electron chi connectivity index (χ0n) is 8.43. The SMILES string of the molecule is O=C(O)[C@H]1CC[C@@H](C(=O)N2CC(O)C2)C1. The minimum absolute atomic E-state index is 0.0176. The topological polar surface area (TPSA) is 77.8 Å². The number of aliphatic hydroxyl groups is 1. The summed E-state index contributed by atoms with van der Waals surface area (Å²) in [4.78, 5) is 24.1. The van der Waals surface area contributed by atoms with Gasteiger partial charge in [0.25, 0.3) is 0 Å². The molecule has 0 aromatic carbocycles. The van der Waals surface area contributed by atoms with Crippen LogP contribution in [0.5, 0.6) is 0 Å². The molecule has 1 aliphatic carbocycles. The Kier molecular flexibility index (Phi) is 2.65. The lowest BCUT2D eigenvalue weighted by Gasteiger charge is -2.37. The monoisotopic (exact) mass is 213 g/mol. The van der Waals surface area contributed by atoms with Gasteiger partial charge in [-0.3, -0.25) is 9.59 Å². The van der Waals surface area contributed by atoms with Crippen LogP contribution in [0.25, 0.3) is 0 Å². The second-order valence-electron chi connectivity index (χ2n) is 4.44. The highest BCUT2D eigenvalue weighted by atomic mass is 16.4. The van der Waals surface area contributed by atoms with Gasteiger partial charge in [0.2, 0.25) is 5.91 Å². The number of aliphatic hydroxyl groups excluding tert-OH is 1. The van der Waals surface area contributed by atoms with E-state index in [1.807, 2.05) is 0 Å². The number of aliphatic carboxylic acids is 1. The highest BCUT2D eigenvalue weighted by Gasteiger charge is 2.39. The second kappa shape index (κ2) is 3.81. The number of amides is 1. The smallest absolute Gasteiger partial charge is 0.306 e. The van der Waals surface area contributed by atoms with Crippen molar-refractivity contribution in [2.75, 3.05) is 13.1 Å². The predicted octanol–water partition coefficient (Wildman–Crippen LogP) is -0.310. The number of carbonyl (C=O) groups is 2. The van der Waals surface area contributed by atoms with Crippen LogP contribution in [0, 0.1) is 11.8 Å². The minimum Gasteiger partial charge on any atom is -0.481 e. The van der Waals surface area contributed by atoms with E-state index in [0.29, 0.717) is 32.4 Å². The molecule has 2 aliphatic rings. The first-order valence-electron chi connectivity index (χ1n) is 5.27. The molecular formula is C10H15NO4. The zero-order chi connectivity index (χ0) is 11.0. The zero-order valence-corrected chi connectivity index (χ0v) is 8.43. The fourth-order valence-electron chi connectivity index (χ4n) is 2.32. The van der Waals surface area contributed by atoms with Gasteiger partial charge in [-0.15, -0.1) is 0 Å².